The third-order valence-electron chi connectivity index (χ3n) is 5.51. The monoisotopic (exact) mass is 472 g/mol. The average Bonchev–Trinajstić information content (AvgIpc) is 3.27. The van der Waals surface area contributed by atoms with Crippen LogP contribution < -0.4 is 10.6 Å². The number of hydrogen-bond donors (Lipinski definition) is 3. The van der Waals surface area contributed by atoms with Crippen LogP contribution in [0.2, 0.25) is 0 Å². The van der Waals surface area contributed by atoms with Crippen molar-refractivity contribution in [2.45, 2.75) is 51.7 Å². The van der Waals surface area contributed by atoms with Crippen LogP contribution in [-0.4, -0.2) is 61.9 Å². The van der Waals surface area contributed by atoms with Crippen LogP contribution in [0.1, 0.15) is 33.4 Å². The number of hydrogen-bond acceptors (Lipinski definition) is 8. The topological polar surface area (TPSA) is 160 Å². The van der Waals surface area contributed by atoms with Gasteiger partial charge < -0.3 is 9.72 Å². The maximum Gasteiger partial charge on any atom is 0.411 e. The highest BCUT2D eigenvalue weighted by molar-refractivity contribution is 6.03. The number of carbonyl (C=O) groups excluding carboxylic acids is 3. The molecule has 0 spiro atoms. The third-order valence-corrected chi connectivity index (χ3v) is 5.51. The van der Waals surface area contributed by atoms with Gasteiger partial charge in [0.05, 0.1) is 34.6 Å². The van der Waals surface area contributed by atoms with Crippen molar-refractivity contribution in [2.75, 3.05) is 11.9 Å². The van der Waals surface area contributed by atoms with E-state index in [1.807, 2.05) is 13.8 Å². The highest BCUT2D eigenvalue weighted by atomic mass is 16.6. The van der Waals surface area contributed by atoms with E-state index in [1.165, 1.54) is 35.5 Å². The number of non-ortho nitro benzene ring substituents is 1. The summed E-state index contributed by atoms with van der Waals surface area (Å²) in [6.07, 6.45) is 2.70. The summed E-state index contributed by atoms with van der Waals surface area (Å²) in [5.41, 5.74) is -0.249. The standard InChI is InChI=1S/C22H28N6O6/c1-13(2)18-20(30)27(19(29)17(26-18)9-15-10-23-12-24-15)22(3,4)11-34-21(31)25-14-5-7-16(8-6-14)28(32)33/h5-8,10,12-13,17-18,26H,9,11H2,1-4H3,(H,23,24)(H,25,31)/t17-,18?/m0/s1. The molecule has 3 N–H and O–H groups in total. The Kier molecular flexibility index (Phi) is 7.30. The second-order valence-corrected chi connectivity index (χ2v) is 9.04. The maximum atomic E-state index is 13.3. The molecule has 3 rings (SSSR count). The number of imide groups is 1. The third kappa shape index (κ3) is 5.57. The van der Waals surface area contributed by atoms with Crippen molar-refractivity contribution in [1.82, 2.24) is 20.2 Å². The number of piperazine rings is 1. The summed E-state index contributed by atoms with van der Waals surface area (Å²) >= 11 is 0. The van der Waals surface area contributed by atoms with E-state index in [9.17, 15) is 24.5 Å². The number of amides is 3. The summed E-state index contributed by atoms with van der Waals surface area (Å²) < 4.78 is 5.31. The Balaban J connectivity index is 1.70. The fraction of sp³-hybridized carbons (Fsp3) is 0.455. The predicted octanol–water partition coefficient (Wildman–Crippen LogP) is 2.24. The van der Waals surface area contributed by atoms with Gasteiger partial charge in [-0.25, -0.2) is 9.78 Å². The summed E-state index contributed by atoms with van der Waals surface area (Å²) in [6, 6.07) is 4.00. The highest BCUT2D eigenvalue weighted by Gasteiger charge is 2.48. The molecule has 1 aliphatic heterocycles. The maximum absolute atomic E-state index is 13.3. The van der Waals surface area contributed by atoms with Gasteiger partial charge >= 0.3 is 6.09 Å². The number of anilines is 1. The van der Waals surface area contributed by atoms with Gasteiger partial charge in [0.15, 0.2) is 0 Å². The van der Waals surface area contributed by atoms with Gasteiger partial charge in [-0.1, -0.05) is 13.8 Å². The first kappa shape index (κ1) is 24.8. The summed E-state index contributed by atoms with van der Waals surface area (Å²) in [5, 5.41) is 16.4. The Morgan fingerprint density at radius 1 is 1.26 bits per heavy atom. The van der Waals surface area contributed by atoms with Crippen molar-refractivity contribution in [2.24, 2.45) is 5.92 Å². The first-order valence-electron chi connectivity index (χ1n) is 10.8. The average molecular weight is 473 g/mol. The molecule has 0 bridgehead atoms. The number of ether oxygens (including phenoxy) is 1. The Hall–Kier alpha value is -3.80. The van der Waals surface area contributed by atoms with Gasteiger partial charge in [0.2, 0.25) is 11.8 Å². The molecule has 2 heterocycles. The quantitative estimate of drug-likeness (QED) is 0.300. The first-order chi connectivity index (χ1) is 16.0. The predicted molar refractivity (Wildman–Crippen MR) is 122 cm³/mol. The molecule has 12 heteroatoms. The molecular formula is C22H28N6O6. The molecule has 34 heavy (non-hydrogen) atoms. The lowest BCUT2D eigenvalue weighted by Gasteiger charge is -2.45. The van der Waals surface area contributed by atoms with Crippen molar-refractivity contribution < 1.29 is 24.0 Å². The zero-order chi connectivity index (χ0) is 25.0. The second-order valence-electron chi connectivity index (χ2n) is 9.04. The van der Waals surface area contributed by atoms with Crippen LogP contribution in [0.25, 0.3) is 0 Å². The van der Waals surface area contributed by atoms with E-state index >= 15 is 0 Å². The molecule has 1 unspecified atom stereocenters. The second kappa shape index (κ2) is 10.00. The van der Waals surface area contributed by atoms with Crippen molar-refractivity contribution in [3.8, 4) is 0 Å². The molecule has 12 nitrogen and oxygen atoms in total. The number of carbonyl (C=O) groups is 3. The Bertz CT molecular complexity index is 1050. The number of imidazole rings is 1. The van der Waals surface area contributed by atoms with E-state index in [-0.39, 0.29) is 24.1 Å². The Morgan fingerprint density at radius 3 is 2.50 bits per heavy atom. The van der Waals surface area contributed by atoms with Crippen LogP contribution in [-0.2, 0) is 20.7 Å². The molecule has 2 atom stereocenters. The van der Waals surface area contributed by atoms with Crippen LogP contribution in [0.5, 0.6) is 0 Å². The summed E-state index contributed by atoms with van der Waals surface area (Å²) in [7, 11) is 0. The zero-order valence-corrected chi connectivity index (χ0v) is 19.4. The lowest BCUT2D eigenvalue weighted by molar-refractivity contribution is -0.384. The largest absolute Gasteiger partial charge is 0.447 e. The van der Waals surface area contributed by atoms with Crippen molar-refractivity contribution >= 4 is 29.3 Å². The summed E-state index contributed by atoms with van der Waals surface area (Å²) in [4.78, 5) is 57.2. The number of benzene rings is 1. The van der Waals surface area contributed by atoms with Crippen LogP contribution in [0.3, 0.4) is 0 Å². The summed E-state index contributed by atoms with van der Waals surface area (Å²) in [5.74, 6) is -0.885. The molecule has 1 aromatic heterocycles. The van der Waals surface area contributed by atoms with E-state index in [1.54, 1.807) is 20.0 Å². The number of aromatic nitrogens is 2. The molecule has 2 aromatic rings. The van der Waals surface area contributed by atoms with Crippen LogP contribution in [0.4, 0.5) is 16.2 Å². The molecule has 0 radical (unpaired) electrons. The minimum atomic E-state index is -1.12. The van der Waals surface area contributed by atoms with Gasteiger partial charge in [-0.3, -0.25) is 35.2 Å². The van der Waals surface area contributed by atoms with E-state index in [0.717, 1.165) is 0 Å². The Morgan fingerprint density at radius 2 is 1.94 bits per heavy atom. The van der Waals surface area contributed by atoms with Gasteiger partial charge in [0, 0.05) is 30.4 Å². The zero-order valence-electron chi connectivity index (χ0n) is 19.4. The van der Waals surface area contributed by atoms with Crippen LogP contribution in [0.15, 0.2) is 36.8 Å². The van der Waals surface area contributed by atoms with E-state index < -0.39 is 34.5 Å². The van der Waals surface area contributed by atoms with Gasteiger partial charge in [-0.2, -0.15) is 0 Å². The molecule has 0 aliphatic carbocycles. The van der Waals surface area contributed by atoms with Gasteiger partial charge in [0.25, 0.3) is 5.69 Å². The minimum absolute atomic E-state index is 0.0769. The number of nitro groups is 1. The Labute approximate surface area is 196 Å². The number of aromatic amines is 1. The van der Waals surface area contributed by atoms with Crippen LogP contribution in [0, 0.1) is 16.0 Å². The minimum Gasteiger partial charge on any atom is -0.447 e. The molecule has 0 saturated carbocycles. The van der Waals surface area contributed by atoms with Gasteiger partial charge in [0.1, 0.15) is 6.61 Å². The number of H-pyrrole nitrogens is 1. The number of nitrogens with one attached hydrogen (secondary N) is 3. The van der Waals surface area contributed by atoms with E-state index in [2.05, 4.69) is 20.6 Å². The van der Waals surface area contributed by atoms with Crippen molar-refractivity contribution in [1.29, 1.82) is 0 Å². The highest BCUT2D eigenvalue weighted by Crippen LogP contribution is 2.25. The van der Waals surface area contributed by atoms with Gasteiger partial charge in [-0.15, -0.1) is 0 Å². The molecule has 182 valence electrons. The lowest BCUT2D eigenvalue weighted by Crippen LogP contribution is -2.70. The van der Waals surface area contributed by atoms with Crippen molar-refractivity contribution in [3.63, 3.8) is 0 Å². The smallest absolute Gasteiger partial charge is 0.411 e. The molecular weight excluding hydrogens is 444 g/mol. The molecule has 3 amide bonds. The number of nitrogens with zero attached hydrogens (tertiary/aromatic N) is 3. The molecule has 1 fully saturated rings. The van der Waals surface area contributed by atoms with E-state index in [4.69, 9.17) is 4.74 Å². The number of rotatable bonds is 8. The molecule has 1 aliphatic rings. The fourth-order valence-electron chi connectivity index (χ4n) is 3.72. The fourth-order valence-corrected chi connectivity index (χ4v) is 3.72. The SMILES string of the molecule is CC(C)C1N[C@@H](Cc2c[nH]cn2)C(=O)N(C(C)(C)COC(=O)Nc2ccc([N+](=O)[O-])cc2)C1=O. The van der Waals surface area contributed by atoms with E-state index in [0.29, 0.717) is 17.8 Å². The van der Waals surface area contributed by atoms with Crippen molar-refractivity contribution in [3.05, 3.63) is 52.6 Å². The van der Waals surface area contributed by atoms with Crippen LogP contribution >= 0.6 is 0 Å². The first-order valence-corrected chi connectivity index (χ1v) is 10.8. The normalized spacial score (nSPS) is 18.8. The lowest BCUT2D eigenvalue weighted by atomic mass is 9.91. The number of nitro benzene ring substituents is 1. The molecule has 1 saturated heterocycles. The van der Waals surface area contributed by atoms with Gasteiger partial charge in [-0.05, 0) is 31.9 Å². The summed E-state index contributed by atoms with van der Waals surface area (Å²) in [6.45, 7) is 6.82. The molecule has 1 aromatic carbocycles.